The van der Waals surface area contributed by atoms with Crippen LogP contribution in [0, 0.1) is 12.8 Å². The van der Waals surface area contributed by atoms with Crippen molar-refractivity contribution in [3.8, 4) is 0 Å². The van der Waals surface area contributed by atoms with Crippen LogP contribution in [0.5, 0.6) is 0 Å². The van der Waals surface area contributed by atoms with Gasteiger partial charge in [0.2, 0.25) is 5.91 Å². The van der Waals surface area contributed by atoms with Gasteiger partial charge < -0.3 is 14.6 Å². The summed E-state index contributed by atoms with van der Waals surface area (Å²) in [6.45, 7) is 8.50. The van der Waals surface area contributed by atoms with Gasteiger partial charge in [-0.15, -0.1) is 0 Å². The number of amides is 1. The molecule has 5 nitrogen and oxygen atoms in total. The first-order valence-electron chi connectivity index (χ1n) is 8.50. The van der Waals surface area contributed by atoms with Gasteiger partial charge in [-0.05, 0) is 30.9 Å². The van der Waals surface area contributed by atoms with Crippen molar-refractivity contribution in [1.29, 1.82) is 0 Å². The Kier molecular flexibility index (Phi) is 4.66. The third kappa shape index (κ3) is 3.24. The van der Waals surface area contributed by atoms with Gasteiger partial charge in [-0.3, -0.25) is 4.79 Å². The lowest BCUT2D eigenvalue weighted by Crippen LogP contribution is -2.50. The number of likely N-dealkylation sites (tertiary alicyclic amines) is 1. The first-order valence-corrected chi connectivity index (χ1v) is 8.50. The van der Waals surface area contributed by atoms with Crippen LogP contribution in [0.15, 0.2) is 24.5 Å². The molecule has 0 unspecified atom stereocenters. The number of nitrogens with zero attached hydrogens (tertiary/aromatic N) is 3. The normalized spacial score (nSPS) is 21.8. The molecule has 5 heteroatoms. The summed E-state index contributed by atoms with van der Waals surface area (Å²) >= 11 is 0. The topological polar surface area (TPSA) is 49.6 Å². The number of pyridine rings is 1. The number of imidazole rings is 1. The molecule has 23 heavy (non-hydrogen) atoms. The van der Waals surface area contributed by atoms with E-state index in [1.54, 1.807) is 6.92 Å². The summed E-state index contributed by atoms with van der Waals surface area (Å²) in [5, 5.41) is 3.70. The number of aromatic nitrogens is 2. The van der Waals surface area contributed by atoms with E-state index in [1.165, 1.54) is 11.3 Å². The number of hydrogen-bond acceptors (Lipinski definition) is 3. The Labute approximate surface area is 137 Å². The van der Waals surface area contributed by atoms with Crippen LogP contribution in [-0.2, 0) is 11.3 Å². The van der Waals surface area contributed by atoms with Crippen LogP contribution < -0.4 is 5.32 Å². The molecule has 0 aliphatic carbocycles. The Morgan fingerprint density at radius 3 is 3.04 bits per heavy atom. The number of rotatable bonds is 4. The van der Waals surface area contributed by atoms with Crippen molar-refractivity contribution in [2.24, 2.45) is 5.92 Å². The van der Waals surface area contributed by atoms with Gasteiger partial charge in [-0.1, -0.05) is 19.4 Å². The van der Waals surface area contributed by atoms with E-state index >= 15 is 0 Å². The van der Waals surface area contributed by atoms with Gasteiger partial charge in [-0.2, -0.15) is 0 Å². The van der Waals surface area contributed by atoms with Gasteiger partial charge in [0.25, 0.3) is 0 Å². The Bertz CT molecular complexity index is 693. The molecule has 0 spiro atoms. The molecule has 1 aliphatic rings. The van der Waals surface area contributed by atoms with Gasteiger partial charge in [0.1, 0.15) is 5.65 Å². The molecule has 1 fully saturated rings. The van der Waals surface area contributed by atoms with Gasteiger partial charge >= 0.3 is 0 Å². The number of carbonyl (C=O) groups is 1. The maximum atomic E-state index is 11.6. The first-order chi connectivity index (χ1) is 11.1. The van der Waals surface area contributed by atoms with Crippen LogP contribution in [0.25, 0.3) is 5.65 Å². The quantitative estimate of drug-likeness (QED) is 0.942. The molecule has 3 heterocycles. The Morgan fingerprint density at radius 2 is 2.30 bits per heavy atom. The van der Waals surface area contributed by atoms with E-state index < -0.39 is 0 Å². The largest absolute Gasteiger partial charge is 0.343 e. The standard InChI is InChI=1S/C18H26N4O/c1-4-15-12-21(14(3)23)9-7-17(15)19-10-16-11-20-18-13(2)6-5-8-22(16)18/h5-6,8,11,15,17,19H,4,7,9-10,12H2,1-3H3/t15-,17+/m1/s1. The van der Waals surface area contributed by atoms with Crippen LogP contribution in [0.2, 0.25) is 0 Å². The number of hydrogen-bond donors (Lipinski definition) is 1. The first kappa shape index (κ1) is 16.0. The molecule has 1 saturated heterocycles. The van der Waals surface area contributed by atoms with Crippen LogP contribution in [-0.4, -0.2) is 39.3 Å². The van der Waals surface area contributed by atoms with Gasteiger partial charge in [0.15, 0.2) is 0 Å². The average molecular weight is 314 g/mol. The third-order valence-electron chi connectivity index (χ3n) is 5.06. The summed E-state index contributed by atoms with van der Waals surface area (Å²) in [7, 11) is 0. The fourth-order valence-electron chi connectivity index (χ4n) is 3.57. The molecule has 124 valence electrons. The minimum atomic E-state index is 0.194. The Morgan fingerprint density at radius 1 is 1.48 bits per heavy atom. The van der Waals surface area contributed by atoms with Crippen molar-refractivity contribution in [2.75, 3.05) is 13.1 Å². The zero-order valence-corrected chi connectivity index (χ0v) is 14.2. The molecule has 1 N–H and O–H groups in total. The second-order valence-corrected chi connectivity index (χ2v) is 6.54. The zero-order chi connectivity index (χ0) is 16.4. The highest BCUT2D eigenvalue weighted by molar-refractivity contribution is 5.73. The SMILES string of the molecule is CC[C@@H]1CN(C(C)=O)CC[C@@H]1NCc1cnc2c(C)cccn12. The van der Waals surface area contributed by atoms with Crippen LogP contribution in [0.3, 0.4) is 0 Å². The number of carbonyl (C=O) groups excluding carboxylic acids is 1. The molecule has 0 radical (unpaired) electrons. The molecule has 0 aromatic carbocycles. The third-order valence-corrected chi connectivity index (χ3v) is 5.06. The minimum absolute atomic E-state index is 0.194. The predicted molar refractivity (Wildman–Crippen MR) is 91.2 cm³/mol. The number of aryl methyl sites for hydroxylation is 1. The molecule has 1 aliphatic heterocycles. The highest BCUT2D eigenvalue weighted by Gasteiger charge is 2.28. The van der Waals surface area contributed by atoms with Crippen molar-refractivity contribution in [3.05, 3.63) is 35.8 Å². The number of fused-ring (bicyclic) bond motifs is 1. The molecule has 0 saturated carbocycles. The monoisotopic (exact) mass is 314 g/mol. The molecular weight excluding hydrogens is 288 g/mol. The van der Waals surface area contributed by atoms with Crippen molar-refractivity contribution >= 4 is 11.6 Å². The second kappa shape index (κ2) is 6.71. The fraction of sp³-hybridized carbons (Fsp3) is 0.556. The average Bonchev–Trinajstić information content (AvgIpc) is 2.97. The van der Waals surface area contributed by atoms with Crippen molar-refractivity contribution < 1.29 is 4.79 Å². The van der Waals surface area contributed by atoms with E-state index in [0.29, 0.717) is 12.0 Å². The van der Waals surface area contributed by atoms with Gasteiger partial charge in [0.05, 0.1) is 11.9 Å². The van der Waals surface area contributed by atoms with E-state index in [1.807, 2.05) is 11.1 Å². The van der Waals surface area contributed by atoms with E-state index in [9.17, 15) is 4.79 Å². The number of piperidine rings is 1. The fourth-order valence-corrected chi connectivity index (χ4v) is 3.57. The van der Waals surface area contributed by atoms with E-state index in [2.05, 4.69) is 46.9 Å². The number of nitrogens with one attached hydrogen (secondary N) is 1. The molecule has 2 atom stereocenters. The van der Waals surface area contributed by atoms with Gasteiger partial charge in [-0.25, -0.2) is 4.98 Å². The highest BCUT2D eigenvalue weighted by Crippen LogP contribution is 2.21. The highest BCUT2D eigenvalue weighted by atomic mass is 16.2. The zero-order valence-electron chi connectivity index (χ0n) is 14.2. The van der Waals surface area contributed by atoms with E-state index in [-0.39, 0.29) is 5.91 Å². The van der Waals surface area contributed by atoms with Crippen molar-refractivity contribution in [2.45, 2.75) is 46.2 Å². The lowest BCUT2D eigenvalue weighted by molar-refractivity contribution is -0.131. The maximum Gasteiger partial charge on any atom is 0.219 e. The maximum absolute atomic E-state index is 11.6. The molecule has 3 rings (SSSR count). The van der Waals surface area contributed by atoms with E-state index in [0.717, 1.165) is 38.1 Å². The van der Waals surface area contributed by atoms with E-state index in [4.69, 9.17) is 0 Å². The van der Waals surface area contributed by atoms with Crippen molar-refractivity contribution in [1.82, 2.24) is 19.6 Å². The summed E-state index contributed by atoms with van der Waals surface area (Å²) in [5.74, 6) is 0.715. The second-order valence-electron chi connectivity index (χ2n) is 6.54. The Balaban J connectivity index is 1.67. The summed E-state index contributed by atoms with van der Waals surface area (Å²) < 4.78 is 2.16. The lowest BCUT2D eigenvalue weighted by Gasteiger charge is -2.38. The summed E-state index contributed by atoms with van der Waals surface area (Å²) in [4.78, 5) is 18.1. The molecular formula is C18H26N4O. The Hall–Kier alpha value is -1.88. The summed E-state index contributed by atoms with van der Waals surface area (Å²) in [5.41, 5.74) is 3.41. The summed E-state index contributed by atoms with van der Waals surface area (Å²) in [6.07, 6.45) is 6.14. The van der Waals surface area contributed by atoms with Gasteiger partial charge in [0, 0.05) is 38.8 Å². The predicted octanol–water partition coefficient (Wildman–Crippen LogP) is 2.38. The lowest BCUT2D eigenvalue weighted by atomic mass is 9.90. The molecule has 0 bridgehead atoms. The minimum Gasteiger partial charge on any atom is -0.343 e. The molecule has 2 aromatic heterocycles. The molecule has 1 amide bonds. The van der Waals surface area contributed by atoms with Crippen molar-refractivity contribution in [3.63, 3.8) is 0 Å². The summed E-state index contributed by atoms with van der Waals surface area (Å²) in [6, 6.07) is 4.61. The van der Waals surface area contributed by atoms with Crippen LogP contribution in [0.1, 0.15) is 37.9 Å². The smallest absolute Gasteiger partial charge is 0.219 e. The molecule has 2 aromatic rings. The van der Waals surface area contributed by atoms with Crippen LogP contribution >= 0.6 is 0 Å². The van der Waals surface area contributed by atoms with Crippen LogP contribution in [0.4, 0.5) is 0 Å².